The van der Waals surface area contributed by atoms with E-state index in [0.29, 0.717) is 39.7 Å². The Labute approximate surface area is 227 Å². The van der Waals surface area contributed by atoms with E-state index < -0.39 is 17.3 Å². The third kappa shape index (κ3) is 5.77. The number of ether oxygens (including phenoxy) is 3. The Hall–Kier alpha value is -4.26. The van der Waals surface area contributed by atoms with Gasteiger partial charge in [-0.15, -0.1) is 0 Å². The van der Waals surface area contributed by atoms with E-state index in [1.165, 1.54) is 33.5 Å². The molecule has 2 heterocycles. The second-order valence-corrected chi connectivity index (χ2v) is 9.51. The highest BCUT2D eigenvalue weighted by atomic mass is 19.1. The molecule has 0 saturated heterocycles. The molecule has 39 heavy (non-hydrogen) atoms. The lowest BCUT2D eigenvalue weighted by atomic mass is 9.71. The highest BCUT2D eigenvalue weighted by Crippen LogP contribution is 2.48. The number of methoxy groups -OCH3 is 3. The number of hydrogen-bond donors (Lipinski definition) is 1. The first-order valence-corrected chi connectivity index (χ1v) is 12.3. The number of hydrogen-bond acceptors (Lipinski definition) is 8. The van der Waals surface area contributed by atoms with Gasteiger partial charge >= 0.3 is 0 Å². The number of benzene rings is 2. The Morgan fingerprint density at radius 2 is 1.69 bits per heavy atom. The second-order valence-electron chi connectivity index (χ2n) is 9.51. The van der Waals surface area contributed by atoms with Crippen LogP contribution in [0.4, 0.5) is 4.39 Å². The van der Waals surface area contributed by atoms with Gasteiger partial charge in [-0.25, -0.2) is 9.37 Å². The van der Waals surface area contributed by atoms with Gasteiger partial charge in [-0.1, -0.05) is 12.1 Å². The zero-order valence-corrected chi connectivity index (χ0v) is 22.6. The minimum Gasteiger partial charge on any atom is -0.481 e. The molecule has 0 aliphatic carbocycles. The average molecular weight is 531 g/mol. The minimum absolute atomic E-state index is 0.247. The zero-order valence-electron chi connectivity index (χ0n) is 22.6. The summed E-state index contributed by atoms with van der Waals surface area (Å²) in [5.74, 6) is -0.502. The molecule has 9 heteroatoms. The van der Waals surface area contributed by atoms with Gasteiger partial charge in [0, 0.05) is 35.5 Å². The third-order valence-electron chi connectivity index (χ3n) is 6.74. The van der Waals surface area contributed by atoms with Crippen LogP contribution in [0.3, 0.4) is 0 Å². The van der Waals surface area contributed by atoms with Gasteiger partial charge in [0.2, 0.25) is 17.6 Å². The van der Waals surface area contributed by atoms with Crippen LogP contribution in [0.25, 0.3) is 10.9 Å². The van der Waals surface area contributed by atoms with Crippen LogP contribution in [0.5, 0.6) is 17.6 Å². The Balaban J connectivity index is 2.08. The SMILES string of the molecule is COc1cc(C(O)(CCN(C)C)C(c2cccc(F)c2)c2cc3cc(C#N)ccc3nc2OC)cc(OC)n1. The molecule has 4 aromatic rings. The molecule has 8 nitrogen and oxygen atoms in total. The molecule has 2 unspecified atom stereocenters. The topological polar surface area (TPSA) is 101 Å². The molecule has 0 spiro atoms. The van der Waals surface area contributed by atoms with Crippen LogP contribution >= 0.6 is 0 Å². The fourth-order valence-electron chi connectivity index (χ4n) is 4.80. The predicted octanol–water partition coefficient (Wildman–Crippen LogP) is 4.64. The number of pyridine rings is 2. The fraction of sp³-hybridized carbons (Fsp3) is 0.300. The van der Waals surface area contributed by atoms with Crippen molar-refractivity contribution in [2.24, 2.45) is 0 Å². The minimum atomic E-state index is -1.63. The van der Waals surface area contributed by atoms with E-state index in [1.54, 1.807) is 42.5 Å². The summed E-state index contributed by atoms with van der Waals surface area (Å²) in [6.07, 6.45) is 0.247. The maximum atomic E-state index is 14.7. The molecule has 2 aromatic carbocycles. The van der Waals surface area contributed by atoms with Crippen molar-refractivity contribution in [3.8, 4) is 23.7 Å². The Morgan fingerprint density at radius 1 is 0.974 bits per heavy atom. The van der Waals surface area contributed by atoms with Gasteiger partial charge < -0.3 is 24.2 Å². The van der Waals surface area contributed by atoms with Crippen LogP contribution in [-0.4, -0.2) is 61.9 Å². The van der Waals surface area contributed by atoms with E-state index in [1.807, 2.05) is 25.1 Å². The van der Waals surface area contributed by atoms with Crippen LogP contribution in [0.15, 0.2) is 60.7 Å². The normalized spacial score (nSPS) is 13.5. The van der Waals surface area contributed by atoms with E-state index in [-0.39, 0.29) is 24.1 Å². The summed E-state index contributed by atoms with van der Waals surface area (Å²) in [5.41, 5.74) is 0.974. The molecule has 2 atom stereocenters. The van der Waals surface area contributed by atoms with Crippen molar-refractivity contribution in [2.75, 3.05) is 42.0 Å². The van der Waals surface area contributed by atoms with Gasteiger partial charge in [0.25, 0.3) is 0 Å². The molecule has 0 bridgehead atoms. The molecule has 0 fully saturated rings. The van der Waals surface area contributed by atoms with Crippen LogP contribution in [0.2, 0.25) is 0 Å². The molecular formula is C30H31FN4O4. The van der Waals surface area contributed by atoms with Crippen molar-refractivity contribution < 1.29 is 23.7 Å². The van der Waals surface area contributed by atoms with Crippen LogP contribution < -0.4 is 14.2 Å². The van der Waals surface area contributed by atoms with Crippen LogP contribution in [0.1, 0.15) is 34.6 Å². The second kappa shape index (κ2) is 11.6. The van der Waals surface area contributed by atoms with E-state index in [2.05, 4.69) is 11.1 Å². The van der Waals surface area contributed by atoms with Crippen molar-refractivity contribution in [3.63, 3.8) is 0 Å². The van der Waals surface area contributed by atoms with Gasteiger partial charge in [0.1, 0.15) is 11.4 Å². The van der Waals surface area contributed by atoms with Crippen molar-refractivity contribution in [1.82, 2.24) is 14.9 Å². The number of rotatable bonds is 10. The first-order chi connectivity index (χ1) is 18.7. The first-order valence-electron chi connectivity index (χ1n) is 12.3. The summed E-state index contributed by atoms with van der Waals surface area (Å²) in [6.45, 7) is 0.497. The highest BCUT2D eigenvalue weighted by molar-refractivity contribution is 5.82. The lowest BCUT2D eigenvalue weighted by Crippen LogP contribution is -2.38. The molecule has 0 amide bonds. The largest absolute Gasteiger partial charge is 0.481 e. The summed E-state index contributed by atoms with van der Waals surface area (Å²) >= 11 is 0. The number of halogens is 1. The Morgan fingerprint density at radius 3 is 2.28 bits per heavy atom. The Bertz CT molecular complexity index is 1500. The quantitative estimate of drug-likeness (QED) is 0.317. The first kappa shape index (κ1) is 27.8. The van der Waals surface area contributed by atoms with Gasteiger partial charge in [0.15, 0.2) is 0 Å². The van der Waals surface area contributed by atoms with Crippen molar-refractivity contribution in [3.05, 3.63) is 88.7 Å². The number of fused-ring (bicyclic) bond motifs is 1. The predicted molar refractivity (Wildman–Crippen MR) is 146 cm³/mol. The smallest absolute Gasteiger partial charge is 0.217 e. The van der Waals surface area contributed by atoms with E-state index >= 15 is 0 Å². The van der Waals surface area contributed by atoms with Gasteiger partial charge in [-0.2, -0.15) is 10.2 Å². The number of nitriles is 1. The summed E-state index contributed by atoms with van der Waals surface area (Å²) in [5, 5.41) is 23.0. The third-order valence-corrected chi connectivity index (χ3v) is 6.74. The summed E-state index contributed by atoms with van der Waals surface area (Å²) in [4.78, 5) is 11.0. The Kier molecular flexibility index (Phi) is 8.29. The van der Waals surface area contributed by atoms with Crippen molar-refractivity contribution >= 4 is 10.9 Å². The van der Waals surface area contributed by atoms with E-state index in [0.717, 1.165) is 0 Å². The number of aromatic nitrogens is 2. The average Bonchev–Trinajstić information content (AvgIpc) is 2.95. The molecule has 2 aromatic heterocycles. The van der Waals surface area contributed by atoms with E-state index in [9.17, 15) is 14.8 Å². The molecule has 202 valence electrons. The standard InChI is InChI=1S/C30H31FN4O4/c1-35(2)12-11-30(36,22-16-26(37-3)34-27(17-22)38-4)28(20-7-6-8-23(31)14-20)24-15-21-13-19(18-32)9-10-25(21)33-29(24)39-5/h6-10,13-17,28,36H,11-12H2,1-5H3. The summed E-state index contributed by atoms with van der Waals surface area (Å²) in [6, 6.07) is 18.6. The summed E-state index contributed by atoms with van der Waals surface area (Å²) in [7, 11) is 8.29. The molecular weight excluding hydrogens is 499 g/mol. The maximum Gasteiger partial charge on any atom is 0.217 e. The molecule has 4 rings (SSSR count). The van der Waals surface area contributed by atoms with Gasteiger partial charge in [-0.05, 0) is 68.0 Å². The zero-order chi connectivity index (χ0) is 28.2. The lowest BCUT2D eigenvalue weighted by molar-refractivity contribution is 0.00325. The molecule has 1 N–H and O–H groups in total. The fourth-order valence-corrected chi connectivity index (χ4v) is 4.80. The van der Waals surface area contributed by atoms with Crippen molar-refractivity contribution in [2.45, 2.75) is 17.9 Å². The van der Waals surface area contributed by atoms with Gasteiger partial charge in [0.05, 0.1) is 38.5 Å². The van der Waals surface area contributed by atoms with E-state index in [4.69, 9.17) is 19.2 Å². The monoisotopic (exact) mass is 530 g/mol. The van der Waals surface area contributed by atoms with Crippen LogP contribution in [0, 0.1) is 17.1 Å². The summed E-state index contributed by atoms with van der Waals surface area (Å²) < 4.78 is 31.3. The molecule has 0 aliphatic rings. The molecule has 0 aliphatic heterocycles. The molecule has 0 saturated carbocycles. The maximum absolute atomic E-state index is 14.7. The lowest BCUT2D eigenvalue weighted by Gasteiger charge is -2.39. The highest BCUT2D eigenvalue weighted by Gasteiger charge is 2.43. The van der Waals surface area contributed by atoms with Gasteiger partial charge in [-0.3, -0.25) is 0 Å². The number of aliphatic hydroxyl groups is 1. The van der Waals surface area contributed by atoms with Crippen molar-refractivity contribution in [1.29, 1.82) is 5.26 Å². The van der Waals surface area contributed by atoms with Crippen LogP contribution in [-0.2, 0) is 5.60 Å². The number of nitrogens with zero attached hydrogens (tertiary/aromatic N) is 4. The molecule has 0 radical (unpaired) electrons.